The number of imide groups is 1. The van der Waals surface area contributed by atoms with Crippen molar-refractivity contribution in [1.29, 1.82) is 0 Å². The number of hydrogen-bond donors (Lipinski definition) is 1. The lowest BCUT2D eigenvalue weighted by atomic mass is 9.91. The third-order valence-corrected chi connectivity index (χ3v) is 5.19. The molecule has 158 valence electrons. The van der Waals surface area contributed by atoms with E-state index in [1.807, 2.05) is 0 Å². The molecule has 0 aromatic heterocycles. The molecule has 6 nitrogen and oxygen atoms in total. The highest BCUT2D eigenvalue weighted by Gasteiger charge is 2.49. The SMILES string of the molecule is CC1(c2ccc3c(c2)OCCCO3)NC(=O)N(Cc2cccc(C(F)(F)F)c2)C1=O. The summed E-state index contributed by atoms with van der Waals surface area (Å²) in [5.74, 6) is 0.474. The third kappa shape index (κ3) is 3.55. The summed E-state index contributed by atoms with van der Waals surface area (Å²) < 4.78 is 50.1. The molecule has 1 saturated heterocycles. The Morgan fingerprint density at radius 3 is 2.53 bits per heavy atom. The maximum absolute atomic E-state index is 13.1. The largest absolute Gasteiger partial charge is 0.490 e. The number of ether oxygens (including phenoxy) is 2. The van der Waals surface area contributed by atoms with E-state index in [4.69, 9.17) is 9.47 Å². The van der Waals surface area contributed by atoms with Gasteiger partial charge in [-0.25, -0.2) is 4.79 Å². The second kappa shape index (κ2) is 7.23. The third-order valence-electron chi connectivity index (χ3n) is 5.19. The monoisotopic (exact) mass is 420 g/mol. The van der Waals surface area contributed by atoms with E-state index in [0.717, 1.165) is 23.5 Å². The minimum Gasteiger partial charge on any atom is -0.490 e. The minimum atomic E-state index is -4.51. The lowest BCUT2D eigenvalue weighted by Crippen LogP contribution is -2.40. The Morgan fingerprint density at radius 1 is 1.07 bits per heavy atom. The molecule has 0 saturated carbocycles. The highest BCUT2D eigenvalue weighted by atomic mass is 19.4. The quantitative estimate of drug-likeness (QED) is 0.767. The average Bonchev–Trinajstić information content (AvgIpc) is 2.87. The lowest BCUT2D eigenvalue weighted by molar-refractivity contribution is -0.137. The number of rotatable bonds is 3. The van der Waals surface area contributed by atoms with Crippen LogP contribution in [-0.4, -0.2) is 30.1 Å². The molecule has 1 fully saturated rings. The number of fused-ring (bicyclic) bond motifs is 1. The van der Waals surface area contributed by atoms with Crippen LogP contribution in [-0.2, 0) is 23.1 Å². The second-order valence-electron chi connectivity index (χ2n) is 7.36. The van der Waals surface area contributed by atoms with Crippen LogP contribution in [0.25, 0.3) is 0 Å². The van der Waals surface area contributed by atoms with Crippen molar-refractivity contribution in [3.8, 4) is 11.5 Å². The van der Waals surface area contributed by atoms with E-state index >= 15 is 0 Å². The van der Waals surface area contributed by atoms with Crippen molar-refractivity contribution in [3.63, 3.8) is 0 Å². The molecule has 0 radical (unpaired) electrons. The van der Waals surface area contributed by atoms with E-state index in [0.29, 0.717) is 30.3 Å². The van der Waals surface area contributed by atoms with Crippen LogP contribution >= 0.6 is 0 Å². The van der Waals surface area contributed by atoms with Gasteiger partial charge in [0.15, 0.2) is 11.5 Å². The Bertz CT molecular complexity index is 1010. The van der Waals surface area contributed by atoms with Gasteiger partial charge in [0.05, 0.1) is 25.3 Å². The van der Waals surface area contributed by atoms with Crippen LogP contribution in [0.15, 0.2) is 42.5 Å². The Labute approximate surface area is 170 Å². The first-order valence-corrected chi connectivity index (χ1v) is 9.39. The summed E-state index contributed by atoms with van der Waals surface area (Å²) in [6.07, 6.45) is -3.78. The van der Waals surface area contributed by atoms with Gasteiger partial charge in [-0.2, -0.15) is 13.2 Å². The molecule has 2 aliphatic rings. The summed E-state index contributed by atoms with van der Waals surface area (Å²) in [5.41, 5.74) is -1.51. The molecule has 1 unspecified atom stereocenters. The van der Waals surface area contributed by atoms with Gasteiger partial charge in [-0.1, -0.05) is 18.2 Å². The van der Waals surface area contributed by atoms with Crippen molar-refractivity contribution in [2.75, 3.05) is 13.2 Å². The molecule has 2 heterocycles. The van der Waals surface area contributed by atoms with Crippen molar-refractivity contribution in [2.24, 2.45) is 0 Å². The number of urea groups is 1. The number of hydrogen-bond acceptors (Lipinski definition) is 4. The molecule has 2 aliphatic heterocycles. The summed E-state index contributed by atoms with van der Waals surface area (Å²) >= 11 is 0. The van der Waals surface area contributed by atoms with Gasteiger partial charge in [-0.15, -0.1) is 0 Å². The maximum Gasteiger partial charge on any atom is 0.416 e. The van der Waals surface area contributed by atoms with Gasteiger partial charge in [0, 0.05) is 6.42 Å². The molecular weight excluding hydrogens is 401 g/mol. The van der Waals surface area contributed by atoms with Crippen molar-refractivity contribution in [1.82, 2.24) is 10.2 Å². The van der Waals surface area contributed by atoms with Crippen LogP contribution in [0.5, 0.6) is 11.5 Å². The zero-order valence-electron chi connectivity index (χ0n) is 16.1. The minimum absolute atomic E-state index is 0.205. The normalized spacial score (nSPS) is 21.4. The van der Waals surface area contributed by atoms with Crippen molar-refractivity contribution in [3.05, 3.63) is 59.2 Å². The fraction of sp³-hybridized carbons (Fsp3) is 0.333. The number of benzene rings is 2. The van der Waals surface area contributed by atoms with E-state index in [1.54, 1.807) is 25.1 Å². The number of nitrogens with one attached hydrogen (secondary N) is 1. The molecule has 3 amide bonds. The van der Waals surface area contributed by atoms with Gasteiger partial charge in [-0.05, 0) is 42.3 Å². The van der Waals surface area contributed by atoms with Crippen LogP contribution < -0.4 is 14.8 Å². The molecule has 2 aromatic rings. The number of carbonyl (C=O) groups is 2. The fourth-order valence-corrected chi connectivity index (χ4v) is 3.54. The maximum atomic E-state index is 13.1. The summed E-state index contributed by atoms with van der Waals surface area (Å²) in [4.78, 5) is 26.5. The number of carbonyl (C=O) groups excluding carboxylic acids is 2. The summed E-state index contributed by atoms with van der Waals surface area (Å²) in [6.45, 7) is 2.27. The van der Waals surface area contributed by atoms with E-state index in [2.05, 4.69) is 5.32 Å². The second-order valence-corrected chi connectivity index (χ2v) is 7.36. The summed E-state index contributed by atoms with van der Waals surface area (Å²) in [7, 11) is 0. The highest BCUT2D eigenvalue weighted by Crippen LogP contribution is 2.37. The van der Waals surface area contributed by atoms with Crippen LogP contribution in [0.1, 0.15) is 30.0 Å². The van der Waals surface area contributed by atoms with Crippen molar-refractivity contribution < 1.29 is 32.2 Å². The predicted molar refractivity (Wildman–Crippen MR) is 99.9 cm³/mol. The Kier molecular flexibility index (Phi) is 4.83. The molecule has 0 bridgehead atoms. The van der Waals surface area contributed by atoms with Gasteiger partial charge in [0.1, 0.15) is 5.54 Å². The van der Waals surface area contributed by atoms with Crippen LogP contribution in [0.4, 0.5) is 18.0 Å². The number of halogens is 3. The van der Waals surface area contributed by atoms with Gasteiger partial charge in [-0.3, -0.25) is 9.69 Å². The van der Waals surface area contributed by atoms with E-state index < -0.39 is 29.2 Å². The Morgan fingerprint density at radius 2 is 1.80 bits per heavy atom. The molecular formula is C21H19F3N2O4. The topological polar surface area (TPSA) is 67.9 Å². The Balaban J connectivity index is 1.60. The average molecular weight is 420 g/mol. The Hall–Kier alpha value is -3.23. The van der Waals surface area contributed by atoms with Crippen LogP contribution in [0.2, 0.25) is 0 Å². The first kappa shape index (κ1) is 20.1. The zero-order chi connectivity index (χ0) is 21.5. The molecule has 0 spiro atoms. The summed E-state index contributed by atoms with van der Waals surface area (Å²) in [6, 6.07) is 8.88. The van der Waals surface area contributed by atoms with E-state index in [-0.39, 0.29) is 12.1 Å². The lowest BCUT2D eigenvalue weighted by Gasteiger charge is -2.23. The van der Waals surface area contributed by atoms with Crippen molar-refractivity contribution >= 4 is 11.9 Å². The van der Waals surface area contributed by atoms with Gasteiger partial charge in [0.25, 0.3) is 5.91 Å². The number of alkyl halides is 3. The number of nitrogens with zero attached hydrogens (tertiary/aromatic N) is 1. The van der Waals surface area contributed by atoms with Gasteiger partial charge >= 0.3 is 12.2 Å². The van der Waals surface area contributed by atoms with Gasteiger partial charge < -0.3 is 14.8 Å². The highest BCUT2D eigenvalue weighted by molar-refractivity contribution is 6.07. The van der Waals surface area contributed by atoms with Crippen LogP contribution in [0.3, 0.4) is 0 Å². The molecule has 30 heavy (non-hydrogen) atoms. The molecule has 0 aliphatic carbocycles. The summed E-state index contributed by atoms with van der Waals surface area (Å²) in [5, 5.41) is 2.65. The fourth-order valence-electron chi connectivity index (χ4n) is 3.54. The van der Waals surface area contributed by atoms with Crippen molar-refractivity contribution in [2.45, 2.75) is 31.6 Å². The molecule has 4 rings (SSSR count). The molecule has 1 atom stereocenters. The van der Waals surface area contributed by atoms with E-state index in [9.17, 15) is 22.8 Å². The molecule has 9 heteroatoms. The predicted octanol–water partition coefficient (Wildman–Crippen LogP) is 3.83. The molecule has 2 aromatic carbocycles. The number of amides is 3. The first-order valence-electron chi connectivity index (χ1n) is 9.39. The van der Waals surface area contributed by atoms with Crippen LogP contribution in [0, 0.1) is 0 Å². The van der Waals surface area contributed by atoms with Gasteiger partial charge in [0.2, 0.25) is 0 Å². The first-order chi connectivity index (χ1) is 14.2. The standard InChI is InChI=1S/C21H19F3N2O4/c1-20(14-6-7-16-17(11-14)30-9-3-8-29-16)18(27)26(19(28)25-20)12-13-4-2-5-15(10-13)21(22,23)24/h2,4-7,10-11H,3,8-9,12H2,1H3,(H,25,28). The van der Waals surface area contributed by atoms with E-state index in [1.165, 1.54) is 12.1 Å². The molecule has 1 N–H and O–H groups in total. The zero-order valence-corrected chi connectivity index (χ0v) is 16.1. The smallest absolute Gasteiger partial charge is 0.416 e.